The number of carbonyl (C=O) groups excluding carboxylic acids is 2. The van der Waals surface area contributed by atoms with E-state index in [1.807, 2.05) is 4.90 Å². The molecule has 2 saturated heterocycles. The zero-order chi connectivity index (χ0) is 16.1. The van der Waals surface area contributed by atoms with Crippen LogP contribution in [0.2, 0.25) is 0 Å². The second-order valence-corrected chi connectivity index (χ2v) is 6.62. The molecule has 0 saturated carbocycles. The molecule has 2 aliphatic rings. The van der Waals surface area contributed by atoms with Crippen LogP contribution in [0.3, 0.4) is 0 Å². The van der Waals surface area contributed by atoms with Gasteiger partial charge in [0.05, 0.1) is 0 Å². The molecule has 22 heavy (non-hydrogen) atoms. The van der Waals surface area contributed by atoms with Gasteiger partial charge in [-0.3, -0.25) is 4.79 Å². The highest BCUT2D eigenvalue weighted by Crippen LogP contribution is 2.23. The van der Waals surface area contributed by atoms with Crippen molar-refractivity contribution in [2.24, 2.45) is 5.92 Å². The summed E-state index contributed by atoms with van der Waals surface area (Å²) in [6.07, 6.45) is 3.64. The molecule has 0 aliphatic carbocycles. The fraction of sp³-hybridized carbons (Fsp3) is 0.875. The minimum atomic E-state index is 0.0521. The molecule has 0 spiro atoms. The Hall–Kier alpha value is -1.30. The van der Waals surface area contributed by atoms with Gasteiger partial charge in [0.2, 0.25) is 5.91 Å². The van der Waals surface area contributed by atoms with Crippen molar-refractivity contribution in [3.05, 3.63) is 0 Å². The summed E-state index contributed by atoms with van der Waals surface area (Å²) in [5, 5.41) is 3.35. The lowest BCUT2D eigenvalue weighted by Crippen LogP contribution is -2.49. The van der Waals surface area contributed by atoms with Crippen molar-refractivity contribution >= 4 is 11.9 Å². The predicted molar refractivity (Wildman–Crippen MR) is 86.7 cm³/mol. The van der Waals surface area contributed by atoms with Gasteiger partial charge < -0.3 is 20.0 Å². The Morgan fingerprint density at radius 1 is 1.18 bits per heavy atom. The van der Waals surface area contributed by atoms with E-state index in [9.17, 15) is 9.59 Å². The molecule has 0 aromatic carbocycles. The summed E-state index contributed by atoms with van der Waals surface area (Å²) < 4.78 is 0. The molecule has 0 radical (unpaired) electrons. The van der Waals surface area contributed by atoms with Gasteiger partial charge in [0, 0.05) is 52.2 Å². The summed E-state index contributed by atoms with van der Waals surface area (Å²) in [6, 6.07) is 0.408. The van der Waals surface area contributed by atoms with Crippen LogP contribution < -0.4 is 5.32 Å². The third-order valence-electron chi connectivity index (χ3n) is 4.72. The molecule has 0 bridgehead atoms. The van der Waals surface area contributed by atoms with Crippen molar-refractivity contribution < 1.29 is 9.59 Å². The van der Waals surface area contributed by atoms with Gasteiger partial charge in [-0.15, -0.1) is 0 Å². The number of hydrogen-bond donors (Lipinski definition) is 1. The first-order valence-corrected chi connectivity index (χ1v) is 8.52. The van der Waals surface area contributed by atoms with Crippen molar-refractivity contribution in [3.63, 3.8) is 0 Å². The molecule has 0 aromatic rings. The summed E-state index contributed by atoms with van der Waals surface area (Å²) in [4.78, 5) is 30.4. The summed E-state index contributed by atoms with van der Waals surface area (Å²) in [6.45, 7) is 6.29. The lowest BCUT2D eigenvalue weighted by molar-refractivity contribution is -0.139. The van der Waals surface area contributed by atoms with Crippen molar-refractivity contribution in [1.82, 2.24) is 20.0 Å². The number of likely N-dealkylation sites (tertiary alicyclic amines) is 1. The molecule has 1 N–H and O–H groups in total. The van der Waals surface area contributed by atoms with E-state index in [1.54, 1.807) is 19.0 Å². The van der Waals surface area contributed by atoms with E-state index in [-0.39, 0.29) is 11.9 Å². The normalized spacial score (nSPS) is 22.7. The highest BCUT2D eigenvalue weighted by Gasteiger charge is 2.33. The Labute approximate surface area is 133 Å². The van der Waals surface area contributed by atoms with Crippen LogP contribution >= 0.6 is 0 Å². The first kappa shape index (κ1) is 17.1. The van der Waals surface area contributed by atoms with Gasteiger partial charge in [0.25, 0.3) is 0 Å². The van der Waals surface area contributed by atoms with Crippen LogP contribution in [-0.4, -0.2) is 79.5 Å². The van der Waals surface area contributed by atoms with Crippen LogP contribution in [0.5, 0.6) is 0 Å². The Balaban J connectivity index is 1.91. The molecule has 1 atom stereocenters. The zero-order valence-corrected chi connectivity index (χ0v) is 14.2. The van der Waals surface area contributed by atoms with E-state index in [1.165, 1.54) is 0 Å². The minimum Gasteiger partial charge on any atom is -0.338 e. The van der Waals surface area contributed by atoms with Gasteiger partial charge in [-0.05, 0) is 32.2 Å². The van der Waals surface area contributed by atoms with E-state index in [0.29, 0.717) is 25.0 Å². The van der Waals surface area contributed by atoms with E-state index >= 15 is 0 Å². The average Bonchev–Trinajstić information content (AvgIpc) is 3.05. The molecule has 2 fully saturated rings. The quantitative estimate of drug-likeness (QED) is 0.842. The third kappa shape index (κ3) is 3.91. The van der Waals surface area contributed by atoms with Crippen molar-refractivity contribution in [2.45, 2.75) is 38.6 Å². The Morgan fingerprint density at radius 2 is 1.86 bits per heavy atom. The number of carbonyl (C=O) groups is 2. The summed E-state index contributed by atoms with van der Waals surface area (Å²) in [7, 11) is 3.55. The number of hydrogen-bond acceptors (Lipinski definition) is 3. The van der Waals surface area contributed by atoms with Crippen molar-refractivity contribution in [1.29, 1.82) is 0 Å². The number of rotatable bonds is 4. The van der Waals surface area contributed by atoms with Gasteiger partial charge in [-0.25, -0.2) is 4.79 Å². The second kappa shape index (κ2) is 7.81. The molecule has 2 heterocycles. The van der Waals surface area contributed by atoms with Crippen LogP contribution in [0.1, 0.15) is 32.6 Å². The molecule has 0 aromatic heterocycles. The number of nitrogens with one attached hydrogen (secondary N) is 1. The van der Waals surface area contributed by atoms with Gasteiger partial charge in [-0.1, -0.05) is 6.92 Å². The Morgan fingerprint density at radius 3 is 2.36 bits per heavy atom. The topological polar surface area (TPSA) is 55.9 Å². The van der Waals surface area contributed by atoms with E-state index in [2.05, 4.69) is 17.1 Å². The van der Waals surface area contributed by atoms with Crippen molar-refractivity contribution in [2.75, 3.05) is 46.8 Å². The molecular formula is C16H30N4O2. The molecule has 3 amide bonds. The van der Waals surface area contributed by atoms with E-state index in [4.69, 9.17) is 0 Å². The monoisotopic (exact) mass is 310 g/mol. The van der Waals surface area contributed by atoms with E-state index in [0.717, 1.165) is 45.3 Å². The highest BCUT2D eigenvalue weighted by atomic mass is 16.2. The largest absolute Gasteiger partial charge is 0.338 e. The fourth-order valence-electron chi connectivity index (χ4n) is 3.45. The van der Waals surface area contributed by atoms with Gasteiger partial charge in [0.15, 0.2) is 0 Å². The standard InChI is InChI=1S/C16H30N4O2/c1-4-9-20(14-5-8-17-12-14)15(21)13-6-10-19(11-7-13)16(22)18(2)3/h13-14,17H,4-12H2,1-3H3. The molecule has 126 valence electrons. The number of amides is 3. The van der Waals surface area contributed by atoms with Crippen LogP contribution in [0.15, 0.2) is 0 Å². The number of nitrogens with zero attached hydrogens (tertiary/aromatic N) is 3. The van der Waals surface area contributed by atoms with Crippen LogP contribution in [0.4, 0.5) is 4.79 Å². The third-order valence-corrected chi connectivity index (χ3v) is 4.72. The Kier molecular flexibility index (Phi) is 6.06. The SMILES string of the molecule is CCCN(C(=O)C1CCN(C(=O)N(C)C)CC1)C1CCNC1. The van der Waals surface area contributed by atoms with Gasteiger partial charge in [-0.2, -0.15) is 0 Å². The van der Waals surface area contributed by atoms with Crippen LogP contribution in [-0.2, 0) is 4.79 Å². The van der Waals surface area contributed by atoms with Crippen LogP contribution in [0, 0.1) is 5.92 Å². The predicted octanol–water partition coefficient (Wildman–Crippen LogP) is 0.981. The molecule has 6 nitrogen and oxygen atoms in total. The average molecular weight is 310 g/mol. The van der Waals surface area contributed by atoms with Gasteiger partial charge in [0.1, 0.15) is 0 Å². The second-order valence-electron chi connectivity index (χ2n) is 6.62. The zero-order valence-electron chi connectivity index (χ0n) is 14.2. The summed E-state index contributed by atoms with van der Waals surface area (Å²) >= 11 is 0. The maximum atomic E-state index is 12.9. The molecule has 1 unspecified atom stereocenters. The number of urea groups is 1. The minimum absolute atomic E-state index is 0.0521. The lowest BCUT2D eigenvalue weighted by atomic mass is 9.94. The van der Waals surface area contributed by atoms with Crippen molar-refractivity contribution in [3.8, 4) is 0 Å². The number of piperidine rings is 1. The summed E-state index contributed by atoms with van der Waals surface area (Å²) in [5.74, 6) is 0.380. The lowest BCUT2D eigenvalue weighted by Gasteiger charge is -2.37. The molecule has 2 aliphatic heterocycles. The summed E-state index contributed by atoms with van der Waals surface area (Å²) in [5.41, 5.74) is 0. The fourth-order valence-corrected chi connectivity index (χ4v) is 3.45. The molecular weight excluding hydrogens is 280 g/mol. The maximum Gasteiger partial charge on any atom is 0.319 e. The molecule has 2 rings (SSSR count). The maximum absolute atomic E-state index is 12.9. The Bertz CT molecular complexity index is 386. The first-order valence-electron chi connectivity index (χ1n) is 8.52. The van der Waals surface area contributed by atoms with Crippen LogP contribution in [0.25, 0.3) is 0 Å². The smallest absolute Gasteiger partial charge is 0.319 e. The highest BCUT2D eigenvalue weighted by molar-refractivity contribution is 5.80. The first-order chi connectivity index (χ1) is 10.5. The van der Waals surface area contributed by atoms with Gasteiger partial charge >= 0.3 is 6.03 Å². The van der Waals surface area contributed by atoms with E-state index < -0.39 is 0 Å². The molecule has 6 heteroatoms.